The van der Waals surface area contributed by atoms with Gasteiger partial charge in [-0.3, -0.25) is 0 Å². The molecule has 16 heavy (non-hydrogen) atoms. The van der Waals surface area contributed by atoms with Gasteiger partial charge in [-0.15, -0.1) is 11.8 Å². The molecule has 0 unspecified atom stereocenters. The second-order valence-electron chi connectivity index (χ2n) is 3.32. The third-order valence-corrected chi connectivity index (χ3v) is 4.03. The molecule has 82 valence electrons. The van der Waals surface area contributed by atoms with Crippen LogP contribution in [0, 0.1) is 0 Å². The normalized spacial score (nSPS) is 10.3. The van der Waals surface area contributed by atoms with Gasteiger partial charge in [-0.1, -0.05) is 12.1 Å². The van der Waals surface area contributed by atoms with Crippen molar-refractivity contribution >= 4 is 33.4 Å². The molecule has 0 amide bonds. The molecule has 4 heteroatoms. The molecule has 0 bridgehead atoms. The summed E-state index contributed by atoms with van der Waals surface area (Å²) >= 11 is 5.17. The van der Waals surface area contributed by atoms with E-state index in [9.17, 15) is 0 Å². The van der Waals surface area contributed by atoms with E-state index in [1.54, 1.807) is 18.0 Å². The molecule has 0 spiro atoms. The Bertz CT molecular complexity index is 488. The zero-order valence-corrected chi connectivity index (χ0v) is 11.0. The number of halogens is 1. The van der Waals surface area contributed by atoms with E-state index in [0.29, 0.717) is 0 Å². The van der Waals surface area contributed by atoms with E-state index in [4.69, 9.17) is 5.73 Å². The molecule has 0 aliphatic rings. The van der Waals surface area contributed by atoms with Gasteiger partial charge < -0.3 is 5.73 Å². The summed E-state index contributed by atoms with van der Waals surface area (Å²) in [5, 5.41) is 1.00. The van der Waals surface area contributed by atoms with Gasteiger partial charge in [-0.2, -0.15) is 0 Å². The van der Waals surface area contributed by atoms with Gasteiger partial charge >= 0.3 is 0 Å². The summed E-state index contributed by atoms with van der Waals surface area (Å²) < 4.78 is 1.03. The zero-order valence-electron chi connectivity index (χ0n) is 8.56. The number of pyridine rings is 1. The summed E-state index contributed by atoms with van der Waals surface area (Å²) in [4.78, 5) is 4.30. The molecular formula is C12H11BrN2S. The lowest BCUT2D eigenvalue weighted by atomic mass is 10.2. The number of nitrogens with two attached hydrogens (primary N) is 1. The predicted molar refractivity (Wildman–Crippen MR) is 72.4 cm³/mol. The van der Waals surface area contributed by atoms with Gasteiger partial charge in [0, 0.05) is 22.1 Å². The fraction of sp³-hybridized carbons (Fsp3) is 0.0833. The molecule has 2 rings (SSSR count). The molecule has 1 aromatic heterocycles. The standard InChI is InChI=1S/C12H11BrN2S/c13-11-5-2-6-15-12(11)16-8-9-3-1-4-10(14)7-9/h1-7H,8,14H2. The van der Waals surface area contributed by atoms with Gasteiger partial charge in [0.25, 0.3) is 0 Å². The van der Waals surface area contributed by atoms with Crippen LogP contribution in [0.5, 0.6) is 0 Å². The Labute approximate surface area is 107 Å². The minimum Gasteiger partial charge on any atom is -0.399 e. The van der Waals surface area contributed by atoms with E-state index in [1.165, 1.54) is 5.56 Å². The quantitative estimate of drug-likeness (QED) is 0.693. The fourth-order valence-electron chi connectivity index (χ4n) is 1.31. The number of nitrogens with zero attached hydrogens (tertiary/aromatic N) is 1. The lowest BCUT2D eigenvalue weighted by Crippen LogP contribution is -1.88. The highest BCUT2D eigenvalue weighted by Gasteiger charge is 2.01. The summed E-state index contributed by atoms with van der Waals surface area (Å²) in [6, 6.07) is 11.8. The van der Waals surface area contributed by atoms with Gasteiger partial charge in [0.15, 0.2) is 0 Å². The molecule has 0 aliphatic carbocycles. The summed E-state index contributed by atoms with van der Waals surface area (Å²) in [7, 11) is 0. The Balaban J connectivity index is 2.05. The van der Waals surface area contributed by atoms with Crippen LogP contribution in [-0.4, -0.2) is 4.98 Å². The Morgan fingerprint density at radius 1 is 1.25 bits per heavy atom. The maximum Gasteiger partial charge on any atom is 0.110 e. The summed E-state index contributed by atoms with van der Waals surface area (Å²) in [6.07, 6.45) is 1.80. The first-order valence-corrected chi connectivity index (χ1v) is 6.61. The first kappa shape index (κ1) is 11.5. The lowest BCUT2D eigenvalue weighted by Gasteiger charge is -2.03. The minimum absolute atomic E-state index is 0.804. The molecule has 0 fully saturated rings. The zero-order chi connectivity index (χ0) is 11.4. The van der Waals surface area contributed by atoms with Crippen LogP contribution in [0.25, 0.3) is 0 Å². The van der Waals surface area contributed by atoms with Crippen molar-refractivity contribution in [2.75, 3.05) is 5.73 Å². The smallest absolute Gasteiger partial charge is 0.110 e. The monoisotopic (exact) mass is 294 g/mol. The van der Waals surface area contributed by atoms with E-state index >= 15 is 0 Å². The number of benzene rings is 1. The van der Waals surface area contributed by atoms with E-state index in [-0.39, 0.29) is 0 Å². The van der Waals surface area contributed by atoms with Gasteiger partial charge in [0.1, 0.15) is 5.03 Å². The molecule has 2 aromatic rings. The number of hydrogen-bond donors (Lipinski definition) is 1. The molecule has 0 saturated carbocycles. The Hall–Kier alpha value is -1.00. The number of rotatable bonds is 3. The van der Waals surface area contributed by atoms with Gasteiger partial charge in [-0.05, 0) is 45.8 Å². The molecule has 0 radical (unpaired) electrons. The fourth-order valence-corrected chi connectivity index (χ4v) is 2.73. The third kappa shape index (κ3) is 3.00. The number of aromatic nitrogens is 1. The molecular weight excluding hydrogens is 284 g/mol. The van der Waals surface area contributed by atoms with Crippen LogP contribution in [0.1, 0.15) is 5.56 Å². The van der Waals surface area contributed by atoms with Crippen LogP contribution in [0.4, 0.5) is 5.69 Å². The van der Waals surface area contributed by atoms with Crippen LogP contribution in [0.3, 0.4) is 0 Å². The highest BCUT2D eigenvalue weighted by atomic mass is 79.9. The molecule has 0 saturated heterocycles. The molecule has 0 atom stereocenters. The lowest BCUT2D eigenvalue weighted by molar-refractivity contribution is 1.11. The van der Waals surface area contributed by atoms with Crippen molar-refractivity contribution in [3.63, 3.8) is 0 Å². The average Bonchev–Trinajstić information content (AvgIpc) is 2.28. The Morgan fingerprint density at radius 2 is 2.12 bits per heavy atom. The molecule has 2 N–H and O–H groups in total. The van der Waals surface area contributed by atoms with Crippen molar-refractivity contribution < 1.29 is 0 Å². The second kappa shape index (κ2) is 5.37. The number of anilines is 1. The van der Waals surface area contributed by atoms with Crippen LogP contribution >= 0.6 is 27.7 Å². The third-order valence-electron chi connectivity index (χ3n) is 2.05. The van der Waals surface area contributed by atoms with Crippen LogP contribution in [0.2, 0.25) is 0 Å². The van der Waals surface area contributed by atoms with Crippen molar-refractivity contribution in [2.24, 2.45) is 0 Å². The van der Waals surface area contributed by atoms with Crippen LogP contribution in [-0.2, 0) is 5.75 Å². The molecule has 1 aromatic carbocycles. The van der Waals surface area contributed by atoms with Crippen molar-refractivity contribution in [3.05, 3.63) is 52.6 Å². The SMILES string of the molecule is Nc1cccc(CSc2ncccc2Br)c1. The van der Waals surface area contributed by atoms with E-state index in [1.807, 2.05) is 30.3 Å². The molecule has 2 nitrogen and oxygen atoms in total. The van der Waals surface area contributed by atoms with Crippen molar-refractivity contribution in [3.8, 4) is 0 Å². The minimum atomic E-state index is 0.804. The number of thioether (sulfide) groups is 1. The molecule has 0 aliphatic heterocycles. The first-order chi connectivity index (χ1) is 7.75. The van der Waals surface area contributed by atoms with Crippen molar-refractivity contribution in [1.29, 1.82) is 0 Å². The topological polar surface area (TPSA) is 38.9 Å². The second-order valence-corrected chi connectivity index (χ2v) is 5.14. The van der Waals surface area contributed by atoms with E-state index < -0.39 is 0 Å². The van der Waals surface area contributed by atoms with Gasteiger partial charge in [0.05, 0.1) is 0 Å². The first-order valence-electron chi connectivity index (χ1n) is 4.83. The average molecular weight is 295 g/mol. The van der Waals surface area contributed by atoms with Gasteiger partial charge in [0.2, 0.25) is 0 Å². The van der Waals surface area contributed by atoms with Crippen LogP contribution in [0.15, 0.2) is 52.1 Å². The van der Waals surface area contributed by atoms with E-state index in [2.05, 4.69) is 27.0 Å². The number of hydrogen-bond acceptors (Lipinski definition) is 3. The Kier molecular flexibility index (Phi) is 3.85. The predicted octanol–water partition coefficient (Wildman–Crippen LogP) is 3.72. The Morgan fingerprint density at radius 3 is 2.88 bits per heavy atom. The molecule has 1 heterocycles. The highest BCUT2D eigenvalue weighted by Crippen LogP contribution is 2.27. The number of nitrogen functional groups attached to an aromatic ring is 1. The summed E-state index contributed by atoms with van der Waals surface area (Å²) in [6.45, 7) is 0. The van der Waals surface area contributed by atoms with Crippen molar-refractivity contribution in [1.82, 2.24) is 4.98 Å². The summed E-state index contributed by atoms with van der Waals surface area (Å²) in [5.74, 6) is 0.876. The maximum atomic E-state index is 5.72. The largest absolute Gasteiger partial charge is 0.399 e. The van der Waals surface area contributed by atoms with Gasteiger partial charge in [-0.25, -0.2) is 4.98 Å². The highest BCUT2D eigenvalue weighted by molar-refractivity contribution is 9.10. The van der Waals surface area contributed by atoms with Crippen LogP contribution < -0.4 is 5.73 Å². The summed E-state index contributed by atoms with van der Waals surface area (Å²) in [5.41, 5.74) is 7.74. The van der Waals surface area contributed by atoms with Crippen molar-refractivity contribution in [2.45, 2.75) is 10.8 Å². The maximum absolute atomic E-state index is 5.72. The van der Waals surface area contributed by atoms with E-state index in [0.717, 1.165) is 20.9 Å².